The van der Waals surface area contributed by atoms with E-state index in [1.165, 1.54) is 12.1 Å². The predicted molar refractivity (Wildman–Crippen MR) is 98.1 cm³/mol. The molecule has 1 atom stereocenters. The Kier molecular flexibility index (Phi) is 5.73. The normalized spacial score (nSPS) is 16.7. The van der Waals surface area contributed by atoms with Gasteiger partial charge in [-0.25, -0.2) is 4.39 Å². The predicted octanol–water partition coefficient (Wildman–Crippen LogP) is 3.62. The smallest absolute Gasteiger partial charge is 0.225 e. The Balaban J connectivity index is 1.54. The highest BCUT2D eigenvalue weighted by Gasteiger charge is 2.29. The van der Waals surface area contributed by atoms with Crippen molar-refractivity contribution in [3.8, 4) is 11.5 Å². The molecule has 0 aromatic heterocycles. The summed E-state index contributed by atoms with van der Waals surface area (Å²) in [6, 6.07) is 12.1. The number of benzene rings is 2. The number of ether oxygens (including phenoxy) is 2. The number of hydrogen-bond donors (Lipinski definition) is 1. The van der Waals surface area contributed by atoms with Crippen LogP contribution in [-0.2, 0) is 4.79 Å². The number of amides is 1. The molecule has 0 bridgehead atoms. The second kappa shape index (κ2) is 8.19. The van der Waals surface area contributed by atoms with Gasteiger partial charge in [0.05, 0.1) is 19.9 Å². The van der Waals surface area contributed by atoms with E-state index < -0.39 is 0 Å². The standard InChI is InChI=1S/C20H23FN2O3/c1-25-16-7-8-17(19(13-16)26-2)22-20(24)10-12-23-11-9-18(23)14-3-5-15(21)6-4-14/h3-8,13,18H,9-12H2,1-2H3,(H,22,24)/t18-/m1/s1. The number of methoxy groups -OCH3 is 2. The molecule has 0 saturated carbocycles. The lowest BCUT2D eigenvalue weighted by Gasteiger charge is -2.41. The molecule has 26 heavy (non-hydrogen) atoms. The molecule has 2 aromatic rings. The van der Waals surface area contributed by atoms with Gasteiger partial charge in [0.25, 0.3) is 0 Å². The van der Waals surface area contributed by atoms with Gasteiger partial charge in [0.2, 0.25) is 5.91 Å². The summed E-state index contributed by atoms with van der Waals surface area (Å²) in [4.78, 5) is 14.5. The van der Waals surface area contributed by atoms with Gasteiger partial charge >= 0.3 is 0 Å². The first-order valence-electron chi connectivity index (χ1n) is 8.62. The van der Waals surface area contributed by atoms with E-state index in [4.69, 9.17) is 9.47 Å². The van der Waals surface area contributed by atoms with Crippen LogP contribution < -0.4 is 14.8 Å². The highest BCUT2D eigenvalue weighted by Crippen LogP contribution is 2.33. The van der Waals surface area contributed by atoms with Gasteiger partial charge in [0, 0.05) is 31.6 Å². The number of rotatable bonds is 7. The van der Waals surface area contributed by atoms with Crippen molar-refractivity contribution in [3.05, 3.63) is 53.8 Å². The lowest BCUT2D eigenvalue weighted by molar-refractivity contribution is -0.117. The van der Waals surface area contributed by atoms with Gasteiger partial charge < -0.3 is 14.8 Å². The lowest BCUT2D eigenvalue weighted by atomic mass is 9.94. The van der Waals surface area contributed by atoms with Crippen LogP contribution in [0.15, 0.2) is 42.5 Å². The Morgan fingerprint density at radius 1 is 1.19 bits per heavy atom. The van der Waals surface area contributed by atoms with Crippen LogP contribution in [0.25, 0.3) is 0 Å². The van der Waals surface area contributed by atoms with E-state index in [0.717, 1.165) is 18.5 Å². The maximum Gasteiger partial charge on any atom is 0.225 e. The Labute approximate surface area is 152 Å². The molecule has 2 aromatic carbocycles. The van der Waals surface area contributed by atoms with E-state index in [0.29, 0.717) is 30.2 Å². The molecule has 1 amide bonds. The molecule has 0 aliphatic carbocycles. The van der Waals surface area contributed by atoms with Crippen molar-refractivity contribution in [1.82, 2.24) is 4.90 Å². The van der Waals surface area contributed by atoms with Crippen LogP contribution in [-0.4, -0.2) is 38.1 Å². The molecule has 5 nitrogen and oxygen atoms in total. The van der Waals surface area contributed by atoms with Gasteiger partial charge in [0.15, 0.2) is 0 Å². The van der Waals surface area contributed by atoms with E-state index in [1.54, 1.807) is 32.4 Å². The first-order valence-corrected chi connectivity index (χ1v) is 8.62. The number of hydrogen-bond acceptors (Lipinski definition) is 4. The number of carbonyl (C=O) groups is 1. The van der Waals surface area contributed by atoms with Gasteiger partial charge in [-0.2, -0.15) is 0 Å². The van der Waals surface area contributed by atoms with E-state index in [1.807, 2.05) is 12.1 Å². The summed E-state index contributed by atoms with van der Waals surface area (Å²) in [5, 5.41) is 2.88. The molecule has 3 rings (SSSR count). The zero-order valence-corrected chi connectivity index (χ0v) is 15.0. The fourth-order valence-corrected chi connectivity index (χ4v) is 3.13. The number of nitrogens with zero attached hydrogens (tertiary/aromatic N) is 1. The van der Waals surface area contributed by atoms with Crippen molar-refractivity contribution in [1.29, 1.82) is 0 Å². The minimum atomic E-state index is -0.229. The highest BCUT2D eigenvalue weighted by atomic mass is 19.1. The van der Waals surface area contributed by atoms with Crippen molar-refractivity contribution >= 4 is 11.6 Å². The Morgan fingerprint density at radius 2 is 1.96 bits per heavy atom. The Morgan fingerprint density at radius 3 is 2.58 bits per heavy atom. The lowest BCUT2D eigenvalue weighted by Crippen LogP contribution is -2.42. The third-order valence-corrected chi connectivity index (χ3v) is 4.69. The zero-order valence-electron chi connectivity index (χ0n) is 15.0. The number of carbonyl (C=O) groups excluding carboxylic acids is 1. The number of anilines is 1. The van der Waals surface area contributed by atoms with Crippen LogP contribution in [0.1, 0.15) is 24.4 Å². The van der Waals surface area contributed by atoms with Crippen LogP contribution in [0, 0.1) is 5.82 Å². The average Bonchev–Trinajstić information content (AvgIpc) is 2.63. The summed E-state index contributed by atoms with van der Waals surface area (Å²) < 4.78 is 23.5. The van der Waals surface area contributed by atoms with Gasteiger partial charge in [0.1, 0.15) is 17.3 Å². The largest absolute Gasteiger partial charge is 0.497 e. The second-order valence-electron chi connectivity index (χ2n) is 6.26. The van der Waals surface area contributed by atoms with Gasteiger partial charge in [-0.05, 0) is 36.2 Å². The minimum absolute atomic E-state index is 0.0711. The fraction of sp³-hybridized carbons (Fsp3) is 0.350. The van der Waals surface area contributed by atoms with Crippen LogP contribution in [0.5, 0.6) is 11.5 Å². The minimum Gasteiger partial charge on any atom is -0.497 e. The van der Waals surface area contributed by atoms with Gasteiger partial charge in [-0.1, -0.05) is 12.1 Å². The van der Waals surface area contributed by atoms with E-state index in [2.05, 4.69) is 10.2 Å². The summed E-state index contributed by atoms with van der Waals surface area (Å²) in [6.45, 7) is 1.60. The summed E-state index contributed by atoms with van der Waals surface area (Å²) >= 11 is 0. The van der Waals surface area contributed by atoms with Crippen molar-refractivity contribution < 1.29 is 18.7 Å². The van der Waals surface area contributed by atoms with E-state index in [9.17, 15) is 9.18 Å². The molecular weight excluding hydrogens is 335 g/mol. The second-order valence-corrected chi connectivity index (χ2v) is 6.26. The Hall–Kier alpha value is -2.60. The molecule has 1 aliphatic rings. The third-order valence-electron chi connectivity index (χ3n) is 4.69. The molecule has 0 unspecified atom stereocenters. The summed E-state index contributed by atoms with van der Waals surface area (Å²) in [5.74, 6) is 0.930. The molecular formula is C20H23FN2O3. The van der Waals surface area contributed by atoms with E-state index in [-0.39, 0.29) is 17.8 Å². The maximum atomic E-state index is 13.1. The highest BCUT2D eigenvalue weighted by molar-refractivity contribution is 5.92. The molecule has 1 aliphatic heterocycles. The van der Waals surface area contributed by atoms with Crippen molar-refractivity contribution in [2.24, 2.45) is 0 Å². The molecule has 1 N–H and O–H groups in total. The molecule has 0 spiro atoms. The first kappa shape index (κ1) is 18.2. The summed E-state index contributed by atoms with van der Waals surface area (Å²) in [6.07, 6.45) is 1.41. The molecule has 0 radical (unpaired) electrons. The molecule has 1 fully saturated rings. The van der Waals surface area contributed by atoms with Crippen molar-refractivity contribution in [2.45, 2.75) is 18.9 Å². The number of halogens is 1. The Bertz CT molecular complexity index is 764. The van der Waals surface area contributed by atoms with Crippen LogP contribution in [0.3, 0.4) is 0 Å². The fourth-order valence-electron chi connectivity index (χ4n) is 3.13. The number of likely N-dealkylation sites (tertiary alicyclic amines) is 1. The zero-order chi connectivity index (χ0) is 18.5. The van der Waals surface area contributed by atoms with E-state index >= 15 is 0 Å². The van der Waals surface area contributed by atoms with Crippen LogP contribution >= 0.6 is 0 Å². The number of nitrogens with one attached hydrogen (secondary N) is 1. The summed E-state index contributed by atoms with van der Waals surface area (Å²) in [5.41, 5.74) is 1.71. The maximum absolute atomic E-state index is 13.1. The molecule has 6 heteroatoms. The molecule has 1 heterocycles. The monoisotopic (exact) mass is 358 g/mol. The SMILES string of the molecule is COc1ccc(NC(=O)CCN2CC[C@@H]2c2ccc(F)cc2)c(OC)c1. The van der Waals surface area contributed by atoms with Crippen LogP contribution in [0.2, 0.25) is 0 Å². The van der Waals surface area contributed by atoms with Gasteiger partial charge in [-0.15, -0.1) is 0 Å². The molecule has 1 saturated heterocycles. The van der Waals surface area contributed by atoms with Crippen LogP contribution in [0.4, 0.5) is 10.1 Å². The van der Waals surface area contributed by atoms with Gasteiger partial charge in [-0.3, -0.25) is 9.69 Å². The summed E-state index contributed by atoms with van der Waals surface area (Å²) in [7, 11) is 3.13. The topological polar surface area (TPSA) is 50.8 Å². The first-order chi connectivity index (χ1) is 12.6. The molecule has 138 valence electrons. The van der Waals surface area contributed by atoms with Crippen molar-refractivity contribution in [2.75, 3.05) is 32.6 Å². The quantitative estimate of drug-likeness (QED) is 0.821. The van der Waals surface area contributed by atoms with Crippen molar-refractivity contribution in [3.63, 3.8) is 0 Å². The third kappa shape index (κ3) is 4.14. The average molecular weight is 358 g/mol.